The number of rotatable bonds is 5. The molecule has 0 spiro atoms. The topological polar surface area (TPSA) is 34.6 Å². The molecule has 0 saturated carbocycles. The Kier molecular flexibility index (Phi) is 5.77. The van der Waals surface area contributed by atoms with Gasteiger partial charge in [0.15, 0.2) is 0 Å². The lowest BCUT2D eigenvalue weighted by molar-refractivity contribution is -0.695. The minimum atomic E-state index is 0. The van der Waals surface area contributed by atoms with Gasteiger partial charge in [0.1, 0.15) is 25.5 Å². The standard InChI is InChI=1S/C25H23N4.ClH/c1-2-25-28(17-21-13-11-19-7-3-5-9-23(19)26-21)15-16-29(25)18-22-14-12-20-8-4-6-10-24(20)27-22;/h3-16H,2,17-18H2,1H3;1H/q+1;/p-1. The molecule has 0 N–H and O–H groups in total. The number of benzene rings is 2. The van der Waals surface area contributed by atoms with E-state index in [0.717, 1.165) is 41.9 Å². The van der Waals surface area contributed by atoms with Gasteiger partial charge >= 0.3 is 0 Å². The van der Waals surface area contributed by atoms with Crippen LogP contribution in [-0.4, -0.2) is 14.5 Å². The molecule has 5 rings (SSSR count). The second kappa shape index (κ2) is 8.64. The number of aromatic nitrogens is 4. The van der Waals surface area contributed by atoms with E-state index in [1.165, 1.54) is 16.6 Å². The van der Waals surface area contributed by atoms with Gasteiger partial charge < -0.3 is 12.4 Å². The maximum atomic E-state index is 4.83. The van der Waals surface area contributed by atoms with Gasteiger partial charge in [0.05, 0.1) is 22.4 Å². The molecule has 0 amide bonds. The maximum absolute atomic E-state index is 4.83. The summed E-state index contributed by atoms with van der Waals surface area (Å²) < 4.78 is 4.58. The minimum Gasteiger partial charge on any atom is -1.00 e. The first-order chi connectivity index (χ1) is 14.3. The lowest BCUT2D eigenvalue weighted by atomic mass is 10.2. The van der Waals surface area contributed by atoms with Crippen molar-refractivity contribution in [2.45, 2.75) is 26.4 Å². The Morgan fingerprint density at radius 1 is 0.767 bits per heavy atom. The van der Waals surface area contributed by atoms with Crippen molar-refractivity contribution in [1.82, 2.24) is 14.5 Å². The molecule has 0 aliphatic rings. The highest BCUT2D eigenvalue weighted by molar-refractivity contribution is 5.79. The van der Waals surface area contributed by atoms with Crippen molar-refractivity contribution in [1.29, 1.82) is 0 Å². The van der Waals surface area contributed by atoms with Gasteiger partial charge in [-0.15, -0.1) is 0 Å². The van der Waals surface area contributed by atoms with Gasteiger partial charge in [-0.05, 0) is 24.3 Å². The van der Waals surface area contributed by atoms with Gasteiger partial charge in [0.2, 0.25) is 0 Å². The molecule has 4 nitrogen and oxygen atoms in total. The van der Waals surface area contributed by atoms with Crippen LogP contribution in [-0.2, 0) is 19.5 Å². The molecule has 0 radical (unpaired) electrons. The van der Waals surface area contributed by atoms with Crippen LogP contribution in [0.25, 0.3) is 21.8 Å². The van der Waals surface area contributed by atoms with Crippen molar-refractivity contribution >= 4 is 21.8 Å². The summed E-state index contributed by atoms with van der Waals surface area (Å²) >= 11 is 0. The second-order valence-electron chi connectivity index (χ2n) is 7.31. The van der Waals surface area contributed by atoms with E-state index in [4.69, 9.17) is 9.97 Å². The van der Waals surface area contributed by atoms with Gasteiger partial charge in [0, 0.05) is 17.2 Å². The highest BCUT2D eigenvalue weighted by atomic mass is 35.5. The molecule has 2 aromatic carbocycles. The number of fused-ring (bicyclic) bond motifs is 2. The summed E-state index contributed by atoms with van der Waals surface area (Å²) in [6.45, 7) is 3.74. The summed E-state index contributed by atoms with van der Waals surface area (Å²) in [5, 5.41) is 2.36. The molecular weight excluding hydrogens is 392 g/mol. The summed E-state index contributed by atoms with van der Waals surface area (Å²) in [7, 11) is 0. The lowest BCUT2D eigenvalue weighted by Gasteiger charge is -2.05. The van der Waals surface area contributed by atoms with Crippen LogP contribution < -0.4 is 17.0 Å². The third-order valence-corrected chi connectivity index (χ3v) is 5.38. The molecule has 0 aliphatic carbocycles. The Balaban J connectivity index is 0.00000218. The molecule has 0 aliphatic heterocycles. The monoisotopic (exact) mass is 414 g/mol. The number of nitrogens with zero attached hydrogens (tertiary/aromatic N) is 4. The Morgan fingerprint density at radius 3 is 2.03 bits per heavy atom. The van der Waals surface area contributed by atoms with Crippen molar-refractivity contribution in [3.63, 3.8) is 0 Å². The van der Waals surface area contributed by atoms with E-state index in [0.29, 0.717) is 0 Å². The van der Waals surface area contributed by atoms with Gasteiger partial charge in [0.25, 0.3) is 5.82 Å². The smallest absolute Gasteiger partial charge is 0.256 e. The van der Waals surface area contributed by atoms with E-state index in [1.54, 1.807) is 0 Å². The summed E-state index contributed by atoms with van der Waals surface area (Å²) in [5.74, 6) is 1.27. The molecule has 5 heteroatoms. The molecule has 150 valence electrons. The van der Waals surface area contributed by atoms with E-state index >= 15 is 0 Å². The molecule has 0 atom stereocenters. The van der Waals surface area contributed by atoms with Gasteiger partial charge in [-0.1, -0.05) is 55.5 Å². The van der Waals surface area contributed by atoms with Crippen molar-refractivity contribution < 1.29 is 17.0 Å². The summed E-state index contributed by atoms with van der Waals surface area (Å²) in [5.41, 5.74) is 4.24. The fourth-order valence-electron chi connectivity index (χ4n) is 3.93. The van der Waals surface area contributed by atoms with Crippen LogP contribution in [0.3, 0.4) is 0 Å². The number of hydrogen-bond acceptors (Lipinski definition) is 2. The lowest BCUT2D eigenvalue weighted by Crippen LogP contribution is -3.00. The van der Waals surface area contributed by atoms with Crippen LogP contribution >= 0.6 is 0 Å². The second-order valence-corrected chi connectivity index (χ2v) is 7.31. The van der Waals surface area contributed by atoms with E-state index in [-0.39, 0.29) is 12.4 Å². The Hall–Kier alpha value is -3.24. The highest BCUT2D eigenvalue weighted by Gasteiger charge is 2.17. The fourth-order valence-corrected chi connectivity index (χ4v) is 3.93. The normalized spacial score (nSPS) is 11.0. The average Bonchev–Trinajstić information content (AvgIpc) is 3.14. The summed E-state index contributed by atoms with van der Waals surface area (Å²) in [4.78, 5) is 9.66. The third kappa shape index (κ3) is 3.91. The van der Waals surface area contributed by atoms with Crippen molar-refractivity contribution in [3.8, 4) is 0 Å². The van der Waals surface area contributed by atoms with E-state index < -0.39 is 0 Å². The fraction of sp³-hybridized carbons (Fsp3) is 0.160. The molecule has 5 aromatic rings. The first-order valence-electron chi connectivity index (χ1n) is 10.1. The predicted molar refractivity (Wildman–Crippen MR) is 116 cm³/mol. The molecule has 30 heavy (non-hydrogen) atoms. The zero-order valence-corrected chi connectivity index (χ0v) is 17.6. The first-order valence-corrected chi connectivity index (χ1v) is 10.1. The van der Waals surface area contributed by atoms with E-state index in [2.05, 4.69) is 89.1 Å². The summed E-state index contributed by atoms with van der Waals surface area (Å²) in [6.07, 6.45) is 5.25. The van der Waals surface area contributed by atoms with E-state index in [9.17, 15) is 0 Å². The third-order valence-electron chi connectivity index (χ3n) is 5.38. The summed E-state index contributed by atoms with van der Waals surface area (Å²) in [6, 6.07) is 25.1. The van der Waals surface area contributed by atoms with Crippen LogP contribution in [0.15, 0.2) is 85.2 Å². The van der Waals surface area contributed by atoms with Gasteiger partial charge in [-0.25, -0.2) is 19.1 Å². The first kappa shape index (κ1) is 20.0. The van der Waals surface area contributed by atoms with Crippen molar-refractivity contribution in [2.75, 3.05) is 0 Å². The van der Waals surface area contributed by atoms with Gasteiger partial charge in [-0.3, -0.25) is 0 Å². The Labute approximate surface area is 182 Å². The molecular formula is C25H23ClN4. The molecule has 0 fully saturated rings. The number of hydrogen-bond donors (Lipinski definition) is 0. The number of pyridine rings is 2. The van der Waals surface area contributed by atoms with Gasteiger partial charge in [-0.2, -0.15) is 0 Å². The predicted octanol–water partition coefficient (Wildman–Crippen LogP) is 1.53. The van der Waals surface area contributed by atoms with Crippen LogP contribution in [0.2, 0.25) is 0 Å². The zero-order valence-electron chi connectivity index (χ0n) is 16.9. The average molecular weight is 415 g/mol. The van der Waals surface area contributed by atoms with Crippen LogP contribution in [0.4, 0.5) is 0 Å². The van der Waals surface area contributed by atoms with Crippen LogP contribution in [0.5, 0.6) is 0 Å². The molecule has 0 bridgehead atoms. The Bertz CT molecular complexity index is 1210. The molecule has 3 heterocycles. The SMILES string of the molecule is CCc1n(Cc2ccc3ccccc3n2)cc[n+]1Cc1ccc2ccccc2n1.[Cl-]. The van der Waals surface area contributed by atoms with Crippen LogP contribution in [0, 0.1) is 0 Å². The number of halogens is 1. The van der Waals surface area contributed by atoms with Crippen molar-refractivity contribution in [3.05, 3.63) is 102 Å². The number of para-hydroxylation sites is 2. The number of imidazole rings is 1. The van der Waals surface area contributed by atoms with Crippen LogP contribution in [0.1, 0.15) is 24.1 Å². The maximum Gasteiger partial charge on any atom is 0.256 e. The molecule has 0 saturated heterocycles. The molecule has 0 unspecified atom stereocenters. The van der Waals surface area contributed by atoms with Crippen molar-refractivity contribution in [2.24, 2.45) is 0 Å². The quantitative estimate of drug-likeness (QED) is 0.409. The highest BCUT2D eigenvalue weighted by Crippen LogP contribution is 2.14. The molecule has 3 aromatic heterocycles. The Morgan fingerprint density at radius 2 is 1.37 bits per heavy atom. The largest absolute Gasteiger partial charge is 1.00 e. The minimum absolute atomic E-state index is 0. The zero-order chi connectivity index (χ0) is 19.6. The van der Waals surface area contributed by atoms with E-state index in [1.807, 2.05) is 12.1 Å².